The maximum Gasteiger partial charge on any atom is 0.272 e. The van der Waals surface area contributed by atoms with Crippen molar-refractivity contribution in [3.63, 3.8) is 0 Å². The number of hydrogen-bond donors (Lipinski definition) is 1. The number of carbonyl (C=O) groups excluding carboxylic acids is 1. The van der Waals surface area contributed by atoms with Gasteiger partial charge in [0, 0.05) is 19.0 Å². The highest BCUT2D eigenvalue weighted by atomic mass is 19.1. The van der Waals surface area contributed by atoms with Crippen molar-refractivity contribution in [2.75, 3.05) is 6.61 Å². The van der Waals surface area contributed by atoms with E-state index in [1.54, 1.807) is 12.1 Å². The molecule has 1 fully saturated rings. The van der Waals surface area contributed by atoms with E-state index in [2.05, 4.69) is 15.3 Å². The van der Waals surface area contributed by atoms with Gasteiger partial charge in [-0.25, -0.2) is 9.37 Å². The minimum atomic E-state index is -0.336. The minimum Gasteiger partial charge on any atom is -0.376 e. The highest BCUT2D eigenvalue weighted by Gasteiger charge is 2.29. The fourth-order valence-electron chi connectivity index (χ4n) is 2.56. The Morgan fingerprint density at radius 3 is 2.77 bits per heavy atom. The van der Waals surface area contributed by atoms with Crippen molar-refractivity contribution >= 4 is 5.91 Å². The highest BCUT2D eigenvalue weighted by Crippen LogP contribution is 2.27. The van der Waals surface area contributed by atoms with Crippen LogP contribution in [-0.4, -0.2) is 28.6 Å². The molecule has 0 saturated carbocycles. The van der Waals surface area contributed by atoms with Gasteiger partial charge >= 0.3 is 0 Å². The average molecular weight is 301 g/mol. The van der Waals surface area contributed by atoms with Crippen molar-refractivity contribution in [3.05, 3.63) is 59.9 Å². The predicted octanol–water partition coefficient (Wildman–Crippen LogP) is 2.27. The number of amides is 1. The Morgan fingerprint density at radius 2 is 2.14 bits per heavy atom. The summed E-state index contributed by atoms with van der Waals surface area (Å²) in [5.74, 6) is -0.631. The first-order chi connectivity index (χ1) is 10.7. The largest absolute Gasteiger partial charge is 0.376 e. The molecule has 1 saturated heterocycles. The third-order valence-corrected chi connectivity index (χ3v) is 3.65. The molecule has 5 nitrogen and oxygen atoms in total. The maximum atomic E-state index is 13.1. The van der Waals surface area contributed by atoms with Crippen LogP contribution in [0.3, 0.4) is 0 Å². The van der Waals surface area contributed by atoms with Gasteiger partial charge in [0.15, 0.2) is 0 Å². The number of rotatable bonds is 4. The summed E-state index contributed by atoms with van der Waals surface area (Å²) in [5, 5.41) is 2.92. The molecule has 22 heavy (non-hydrogen) atoms. The summed E-state index contributed by atoms with van der Waals surface area (Å²) in [4.78, 5) is 20.2. The van der Waals surface area contributed by atoms with Crippen LogP contribution in [0.2, 0.25) is 0 Å². The quantitative estimate of drug-likeness (QED) is 0.941. The van der Waals surface area contributed by atoms with Gasteiger partial charge in [0.05, 0.1) is 18.3 Å². The molecule has 0 radical (unpaired) electrons. The van der Waals surface area contributed by atoms with E-state index in [0.717, 1.165) is 18.4 Å². The van der Waals surface area contributed by atoms with Crippen LogP contribution in [0.25, 0.3) is 0 Å². The highest BCUT2D eigenvalue weighted by molar-refractivity contribution is 5.92. The number of carbonyl (C=O) groups is 1. The van der Waals surface area contributed by atoms with Crippen LogP contribution in [0.1, 0.15) is 34.9 Å². The van der Waals surface area contributed by atoms with E-state index in [4.69, 9.17) is 4.74 Å². The van der Waals surface area contributed by atoms with Gasteiger partial charge in [-0.2, -0.15) is 0 Å². The molecule has 2 unspecified atom stereocenters. The molecule has 0 aliphatic carbocycles. The molecule has 2 heterocycles. The molecule has 3 rings (SSSR count). The Bertz CT molecular complexity index is 628. The summed E-state index contributed by atoms with van der Waals surface area (Å²) in [6.45, 7) is 0.670. The molecular formula is C16H16FN3O2. The van der Waals surface area contributed by atoms with E-state index in [1.807, 2.05) is 0 Å². The molecule has 1 aromatic carbocycles. The molecule has 0 bridgehead atoms. The molecule has 2 aromatic rings. The lowest BCUT2D eigenvalue weighted by Crippen LogP contribution is -2.36. The summed E-state index contributed by atoms with van der Waals surface area (Å²) < 4.78 is 18.8. The van der Waals surface area contributed by atoms with Gasteiger partial charge in [-0.15, -0.1) is 0 Å². The number of nitrogens with zero attached hydrogens (tertiary/aromatic N) is 2. The number of aromatic nitrogens is 2. The monoisotopic (exact) mass is 301 g/mol. The first-order valence-electron chi connectivity index (χ1n) is 7.18. The molecule has 1 amide bonds. The summed E-state index contributed by atoms with van der Waals surface area (Å²) in [7, 11) is 0. The van der Waals surface area contributed by atoms with Crippen molar-refractivity contribution in [3.8, 4) is 0 Å². The third-order valence-electron chi connectivity index (χ3n) is 3.65. The minimum absolute atomic E-state index is 0.119. The van der Waals surface area contributed by atoms with E-state index in [9.17, 15) is 9.18 Å². The Balaban J connectivity index is 1.82. The second-order valence-electron chi connectivity index (χ2n) is 5.14. The summed E-state index contributed by atoms with van der Waals surface area (Å²) >= 11 is 0. The molecule has 1 aliphatic rings. The smallest absolute Gasteiger partial charge is 0.272 e. The van der Waals surface area contributed by atoms with Gasteiger partial charge in [0.2, 0.25) is 0 Å². The second kappa shape index (κ2) is 6.62. The van der Waals surface area contributed by atoms with E-state index in [0.29, 0.717) is 6.61 Å². The Morgan fingerprint density at radius 1 is 1.32 bits per heavy atom. The molecule has 2 atom stereocenters. The van der Waals surface area contributed by atoms with Crippen molar-refractivity contribution < 1.29 is 13.9 Å². The topological polar surface area (TPSA) is 64.1 Å². The Labute approximate surface area is 127 Å². The van der Waals surface area contributed by atoms with E-state index < -0.39 is 0 Å². The van der Waals surface area contributed by atoms with Crippen LogP contribution in [-0.2, 0) is 4.74 Å². The van der Waals surface area contributed by atoms with Crippen molar-refractivity contribution in [2.45, 2.75) is 25.0 Å². The van der Waals surface area contributed by atoms with Crippen molar-refractivity contribution in [2.24, 2.45) is 0 Å². The zero-order chi connectivity index (χ0) is 15.4. The molecule has 1 aliphatic heterocycles. The molecule has 1 N–H and O–H groups in total. The molecular weight excluding hydrogens is 285 g/mol. The lowest BCUT2D eigenvalue weighted by molar-refractivity contribution is 0.0669. The van der Waals surface area contributed by atoms with Crippen LogP contribution in [0, 0.1) is 5.82 Å². The van der Waals surface area contributed by atoms with E-state index >= 15 is 0 Å². The van der Waals surface area contributed by atoms with Crippen molar-refractivity contribution in [1.82, 2.24) is 15.3 Å². The SMILES string of the molecule is O=C(NC(c1ccc(F)cc1)C1CCCO1)c1cnccn1. The number of hydrogen-bond acceptors (Lipinski definition) is 4. The van der Waals surface area contributed by atoms with Gasteiger partial charge in [-0.05, 0) is 30.5 Å². The second-order valence-corrected chi connectivity index (χ2v) is 5.14. The lowest BCUT2D eigenvalue weighted by atomic mass is 9.99. The van der Waals surface area contributed by atoms with Crippen LogP contribution in [0.4, 0.5) is 4.39 Å². The van der Waals surface area contributed by atoms with Gasteiger partial charge in [-0.1, -0.05) is 12.1 Å². The summed E-state index contributed by atoms with van der Waals surface area (Å²) in [6.07, 6.45) is 6.06. The normalized spacial score (nSPS) is 18.9. The Kier molecular flexibility index (Phi) is 4.39. The van der Waals surface area contributed by atoms with Crippen LogP contribution >= 0.6 is 0 Å². The number of nitrogens with one attached hydrogen (secondary N) is 1. The zero-order valence-corrected chi connectivity index (χ0v) is 11.9. The van der Waals surface area contributed by atoms with E-state index in [-0.39, 0.29) is 29.6 Å². The van der Waals surface area contributed by atoms with Gasteiger partial charge < -0.3 is 10.1 Å². The van der Waals surface area contributed by atoms with Gasteiger partial charge in [0.25, 0.3) is 5.91 Å². The first kappa shape index (κ1) is 14.6. The van der Waals surface area contributed by atoms with Crippen LogP contribution < -0.4 is 5.32 Å². The lowest BCUT2D eigenvalue weighted by Gasteiger charge is -2.24. The number of ether oxygens (including phenoxy) is 1. The first-order valence-corrected chi connectivity index (χ1v) is 7.18. The summed E-state index contributed by atoms with van der Waals surface area (Å²) in [5.41, 5.74) is 1.05. The summed E-state index contributed by atoms with van der Waals surface area (Å²) in [6, 6.07) is 5.76. The number of benzene rings is 1. The average Bonchev–Trinajstić information content (AvgIpc) is 3.08. The van der Waals surface area contributed by atoms with Gasteiger partial charge in [-0.3, -0.25) is 9.78 Å². The van der Waals surface area contributed by atoms with Gasteiger partial charge in [0.1, 0.15) is 11.5 Å². The standard InChI is InChI=1S/C16H16FN3O2/c17-12-5-3-11(4-6-12)15(14-2-1-9-22-14)20-16(21)13-10-18-7-8-19-13/h3-8,10,14-15H,1-2,9H2,(H,20,21). The predicted molar refractivity (Wildman–Crippen MR) is 77.6 cm³/mol. The van der Waals surface area contributed by atoms with Crippen LogP contribution in [0.5, 0.6) is 0 Å². The molecule has 0 spiro atoms. The zero-order valence-electron chi connectivity index (χ0n) is 11.9. The molecule has 114 valence electrons. The molecule has 6 heteroatoms. The maximum absolute atomic E-state index is 13.1. The number of halogens is 1. The van der Waals surface area contributed by atoms with Crippen molar-refractivity contribution in [1.29, 1.82) is 0 Å². The fraction of sp³-hybridized carbons (Fsp3) is 0.312. The van der Waals surface area contributed by atoms with Crippen LogP contribution in [0.15, 0.2) is 42.9 Å². The van der Waals surface area contributed by atoms with E-state index in [1.165, 1.54) is 30.7 Å². The fourth-order valence-corrected chi connectivity index (χ4v) is 2.56. The molecule has 1 aromatic heterocycles. The Hall–Kier alpha value is -2.34. The third kappa shape index (κ3) is 3.28.